The van der Waals surface area contributed by atoms with Crippen LogP contribution >= 0.6 is 0 Å². The van der Waals surface area contributed by atoms with Crippen molar-refractivity contribution in [1.29, 1.82) is 0 Å². The lowest BCUT2D eigenvalue weighted by atomic mass is 9.75. The molecule has 5 N–H and O–H groups in total. The monoisotopic (exact) mass is 2260 g/mol. The summed E-state index contributed by atoms with van der Waals surface area (Å²) < 4.78 is 327. The molecule has 4 aliphatic rings. The van der Waals surface area contributed by atoms with Gasteiger partial charge in [-0.3, -0.25) is 40.0 Å². The first-order valence-corrected chi connectivity index (χ1v) is 60.8. The fourth-order valence-corrected chi connectivity index (χ4v) is 23.3. The van der Waals surface area contributed by atoms with Gasteiger partial charge in [0.05, 0.1) is 214 Å². The Kier molecular flexibility index (Phi) is 50.5. The number of carboxylic acid groups (broad SMARTS) is 2. The second kappa shape index (κ2) is 59.6. The molecule has 4 aliphatic heterocycles. The van der Waals surface area contributed by atoms with Gasteiger partial charge in [0.15, 0.2) is 18.2 Å². The van der Waals surface area contributed by atoms with Crippen molar-refractivity contribution in [3.05, 3.63) is 167 Å². The Hall–Kier alpha value is -7.96. The van der Waals surface area contributed by atoms with Gasteiger partial charge in [-0.1, -0.05) is 36.5 Å². The first-order chi connectivity index (χ1) is 70.5. The highest BCUT2D eigenvalue weighted by molar-refractivity contribution is 7.88. The molecule has 0 saturated heterocycles. The van der Waals surface area contributed by atoms with Crippen molar-refractivity contribution in [2.45, 2.75) is 172 Å². The average Bonchev–Trinajstić information content (AvgIpc) is 1.59. The molecule has 4 unspecified atom stereocenters. The van der Waals surface area contributed by atoms with E-state index in [2.05, 4.69) is 0 Å². The minimum absolute atomic E-state index is 0.0241. The van der Waals surface area contributed by atoms with Gasteiger partial charge in [0, 0.05) is 115 Å². The molecule has 4 aromatic rings. The number of fused-ring (bicyclic) bond motifs is 4. The lowest BCUT2D eigenvalue weighted by Gasteiger charge is -2.30. The minimum Gasteiger partial charge on any atom is -0.481 e. The number of carboxylic acids is 2. The number of unbranched alkanes of at least 4 members (excludes halogenated alkanes) is 4. The van der Waals surface area contributed by atoms with Crippen molar-refractivity contribution in [2.24, 2.45) is 0 Å². The first kappa shape index (κ1) is 126. The molecule has 8 rings (SSSR count). The van der Waals surface area contributed by atoms with Crippen LogP contribution in [0.4, 0.5) is 22.7 Å². The number of rotatable bonds is 78. The summed E-state index contributed by atoms with van der Waals surface area (Å²) in [5.41, 5.74) is 2.31. The summed E-state index contributed by atoms with van der Waals surface area (Å²) in [4.78, 5) is 25.8. The quantitative estimate of drug-likeness (QED) is 0.00685. The van der Waals surface area contributed by atoms with Crippen LogP contribution in [0.25, 0.3) is 0 Å². The van der Waals surface area contributed by atoms with E-state index in [1.807, 2.05) is 45.8 Å². The van der Waals surface area contributed by atoms with Crippen LogP contribution in [0, 0.1) is 0 Å². The third-order valence-electron chi connectivity index (χ3n) is 25.9. The summed E-state index contributed by atoms with van der Waals surface area (Å²) in [6.07, 6.45) is 20.5. The molecule has 149 heavy (non-hydrogen) atoms. The Labute approximate surface area is 876 Å². The first-order valence-electron chi connectivity index (χ1n) is 48.7. The lowest BCUT2D eigenvalue weighted by Crippen LogP contribution is -2.32. The number of allylic oxidation sites excluding steroid dienone is 12. The van der Waals surface area contributed by atoms with E-state index in [0.29, 0.717) is 172 Å². The zero-order valence-electron chi connectivity index (χ0n) is 85.7. The van der Waals surface area contributed by atoms with Crippen molar-refractivity contribution in [2.75, 3.05) is 233 Å². The summed E-state index contributed by atoms with van der Waals surface area (Å²) in [7, 11) is -28.8. The van der Waals surface area contributed by atoms with Crippen LogP contribution in [0.15, 0.2) is 165 Å². The molecule has 0 spiro atoms. The van der Waals surface area contributed by atoms with Gasteiger partial charge in [-0.25, -0.2) is 4.18 Å². The number of ether oxygens (including phenoxy) is 11. The molecule has 0 amide bonds. The highest BCUT2D eigenvalue weighted by Gasteiger charge is 2.51. The zero-order valence-corrected chi connectivity index (χ0v) is 92.2. The Morgan fingerprint density at radius 1 is 0.336 bits per heavy atom. The number of carbonyl (C=O) groups is 2. The molecule has 0 fully saturated rings. The summed E-state index contributed by atoms with van der Waals surface area (Å²) in [5.74, 6) is -3.80. The second-order valence-corrected chi connectivity index (χ2v) is 49.4. The molecule has 0 saturated carbocycles. The van der Waals surface area contributed by atoms with Crippen LogP contribution in [-0.2, 0) is 185 Å². The maximum Gasteiger partial charge on any atom is 0.303 e. The third kappa shape index (κ3) is 38.3. The molecule has 4 aromatic carbocycles. The van der Waals surface area contributed by atoms with Crippen molar-refractivity contribution in [3.8, 4) is 0 Å². The molecular weight excluding hydrogens is 2110 g/mol. The van der Waals surface area contributed by atoms with E-state index in [1.165, 1.54) is 54.6 Å². The topological polar surface area (TPSA) is 569 Å². The minimum atomic E-state index is -4.78. The number of nitrogens with zero attached hydrogens (tertiary/aromatic N) is 4. The van der Waals surface area contributed by atoms with Crippen LogP contribution in [0.5, 0.6) is 0 Å². The number of anilines is 2. The van der Waals surface area contributed by atoms with E-state index in [9.17, 15) is 101 Å². The molecule has 0 radical (unpaired) electrons. The van der Waals surface area contributed by atoms with E-state index in [1.54, 1.807) is 86.9 Å². The van der Waals surface area contributed by atoms with Crippen LogP contribution in [-0.4, -0.2) is 347 Å². The predicted octanol–water partition coefficient (Wildman–Crippen LogP) is 10.2. The van der Waals surface area contributed by atoms with E-state index >= 15 is 0 Å². The Bertz CT molecular complexity index is 6370. The van der Waals surface area contributed by atoms with Crippen LogP contribution < -0.4 is 9.80 Å². The molecule has 4 atom stereocenters. The van der Waals surface area contributed by atoms with Gasteiger partial charge >= 0.3 is 11.9 Å². The van der Waals surface area contributed by atoms with Crippen molar-refractivity contribution < 1.29 is 183 Å². The number of hydrogen-bond acceptors (Lipinski definition) is 36. The van der Waals surface area contributed by atoms with Gasteiger partial charge in [0.25, 0.3) is 80.9 Å². The molecular formula is C98H144N4O39S8+2. The van der Waals surface area contributed by atoms with E-state index in [-0.39, 0.29) is 178 Å². The van der Waals surface area contributed by atoms with Crippen LogP contribution in [0.2, 0.25) is 0 Å². The van der Waals surface area contributed by atoms with Gasteiger partial charge < -0.3 is 72.1 Å². The lowest BCUT2D eigenvalue weighted by molar-refractivity contribution is -0.438. The van der Waals surface area contributed by atoms with Gasteiger partial charge in [-0.2, -0.15) is 76.5 Å². The normalized spacial score (nSPS) is 19.0. The Balaban J connectivity index is 0.870. The summed E-state index contributed by atoms with van der Waals surface area (Å²) in [6, 6.07) is 17.3. The number of benzene rings is 4. The van der Waals surface area contributed by atoms with Crippen molar-refractivity contribution in [3.63, 3.8) is 0 Å². The maximum atomic E-state index is 13.6. The molecule has 4 heterocycles. The van der Waals surface area contributed by atoms with Crippen molar-refractivity contribution in [1.82, 2.24) is 0 Å². The Morgan fingerprint density at radius 2 is 0.651 bits per heavy atom. The molecule has 0 aromatic heterocycles. The van der Waals surface area contributed by atoms with E-state index < -0.39 is 143 Å². The third-order valence-corrected chi connectivity index (χ3v) is 34.8. The van der Waals surface area contributed by atoms with E-state index in [0.717, 1.165) is 28.4 Å². The predicted molar refractivity (Wildman–Crippen MR) is 552 cm³/mol. The second-order valence-electron chi connectivity index (χ2n) is 36.1. The van der Waals surface area contributed by atoms with Gasteiger partial charge in [0.1, 0.15) is 13.1 Å². The summed E-state index contributed by atoms with van der Waals surface area (Å²) in [6.45, 7) is 12.4. The highest BCUT2D eigenvalue weighted by Crippen LogP contribution is 2.54. The van der Waals surface area contributed by atoms with Crippen molar-refractivity contribution >= 4 is 127 Å². The molecule has 43 nitrogen and oxygen atoms in total. The molecule has 0 aliphatic carbocycles. The molecule has 836 valence electrons. The highest BCUT2D eigenvalue weighted by atomic mass is 32.3. The number of hydrogen-bond donors (Lipinski definition) is 5. The summed E-state index contributed by atoms with van der Waals surface area (Å²) >= 11 is 0. The van der Waals surface area contributed by atoms with Gasteiger partial charge in [-0.15, -0.1) is 0 Å². The zero-order chi connectivity index (χ0) is 109. The molecule has 0 bridgehead atoms. The molecule has 51 heteroatoms. The average molecular weight is 2260 g/mol. The fraction of sp³-hybridized carbons (Fsp3) is 0.592. The summed E-state index contributed by atoms with van der Waals surface area (Å²) in [5, 5.41) is 18.8. The number of aliphatic carboxylic acids is 2. The SMILES string of the molecule is COCCOCCOCCOCCOCCOCCN1/C(=C/C=C/C=C/C2=[N+](CCCCCC(=O)O)c3ccc(S(=O)(=O)O)cc3C2(C)CCCS(=O)(=O)OCOCCOCCOCCOCCOCCN2C(=CC=CC=CC3=[N+](CCCCCC(=O)O)c4ccc(S(=O)(=O)O)cc4C3(C)CCCS(=O)(=O)O)C(C)(CCCS(=O)(=O)OC)c3cc(S(=O)(=O)OC)ccc32)C(C)(CCCS(=O)(=O)OC)c2cc(S(=O)(=O)OC)ccc21. The van der Waals surface area contributed by atoms with Gasteiger partial charge in [0.2, 0.25) is 11.4 Å². The van der Waals surface area contributed by atoms with Crippen LogP contribution in [0.1, 0.15) is 153 Å². The van der Waals surface area contributed by atoms with E-state index in [4.69, 9.17) is 73.0 Å². The number of methoxy groups -OCH3 is 1. The standard InChI is InChI=1S/C98H142N4O39S8/c1-95(40-22-68-142(107,108)109)81-72-77(146(116,117)118)32-36-85(81)99(44-20-12-18-30-93(103)104)89(95)26-14-10-16-28-91-97(3,41-23-69-143(110,111)127-6)83-74-79(148(122,123)129-8)34-38-87(83)101(91)46-48-132-53-55-135-59-61-138-64-65-139-66-67-140-76-141-145(114,115)71-25-43-96(2)82-73-78(147(119,120)121)33-37-86(82)100(45-21-13-19-31-94(105)106)90(96)27-15-11-17-29-92-98(4,42-24-70-144(112,113)128-7)84-75-80(149(124,125)130-9)35-39-88(84)102(92)47-49-131-52-54-134-58-60-137-63-62-136-57-56-133-51-50-126-5/h10-11,14-17,26-29,32-39,72-75H,12-13,18-25,30-31,40-71,76H2,1-9H3,(H3-2,103,104,105,106,107,108,109,116,117,118,119,120,121)/p+2. The van der Waals surface area contributed by atoms with Gasteiger partial charge in [-0.05, 0) is 189 Å². The largest absolute Gasteiger partial charge is 0.481 e. The maximum absolute atomic E-state index is 13.6. The smallest absolute Gasteiger partial charge is 0.303 e. The fourth-order valence-electron chi connectivity index (χ4n) is 18.3. The Morgan fingerprint density at radius 3 is 0.980 bits per heavy atom. The van der Waals surface area contributed by atoms with Crippen LogP contribution in [0.3, 0.4) is 0 Å².